The maximum absolute atomic E-state index is 11.8. The Hall–Kier alpha value is -2.62. The number of rotatable bonds is 5. The molecule has 1 N–H and O–H groups in total. The SMILES string of the molecule is Cc1cc(C)c(/C=N/NC(=O)COc2ccc(C)c(C)c2)c(C)c1. The van der Waals surface area contributed by atoms with Crippen molar-refractivity contribution in [1.82, 2.24) is 5.43 Å². The van der Waals surface area contributed by atoms with Crippen LogP contribution in [0.25, 0.3) is 0 Å². The van der Waals surface area contributed by atoms with Gasteiger partial charge in [0.1, 0.15) is 5.75 Å². The maximum Gasteiger partial charge on any atom is 0.277 e. The van der Waals surface area contributed by atoms with Crippen molar-refractivity contribution in [3.63, 3.8) is 0 Å². The normalized spacial score (nSPS) is 10.9. The van der Waals surface area contributed by atoms with Crippen LogP contribution in [0.15, 0.2) is 35.4 Å². The number of carbonyl (C=O) groups excluding carboxylic acids is 1. The number of hydrazone groups is 1. The first kappa shape index (κ1) is 17.7. The smallest absolute Gasteiger partial charge is 0.277 e. The summed E-state index contributed by atoms with van der Waals surface area (Å²) in [7, 11) is 0. The van der Waals surface area contributed by atoms with Crippen LogP contribution in [-0.4, -0.2) is 18.7 Å². The molecule has 0 saturated carbocycles. The van der Waals surface area contributed by atoms with E-state index in [2.05, 4.69) is 29.6 Å². The molecule has 0 aromatic heterocycles. The topological polar surface area (TPSA) is 50.7 Å². The summed E-state index contributed by atoms with van der Waals surface area (Å²) in [6.07, 6.45) is 1.68. The minimum Gasteiger partial charge on any atom is -0.484 e. The van der Waals surface area contributed by atoms with Crippen molar-refractivity contribution < 1.29 is 9.53 Å². The molecule has 0 heterocycles. The highest BCUT2D eigenvalue weighted by atomic mass is 16.5. The molecule has 4 nitrogen and oxygen atoms in total. The molecule has 2 aromatic rings. The molecule has 2 rings (SSSR count). The second-order valence-corrected chi connectivity index (χ2v) is 6.14. The van der Waals surface area contributed by atoms with Crippen LogP contribution in [0.2, 0.25) is 0 Å². The average Bonchev–Trinajstić information content (AvgIpc) is 2.51. The minimum absolute atomic E-state index is 0.0638. The Morgan fingerprint density at radius 3 is 2.29 bits per heavy atom. The zero-order valence-electron chi connectivity index (χ0n) is 14.9. The van der Waals surface area contributed by atoms with Gasteiger partial charge >= 0.3 is 0 Å². The van der Waals surface area contributed by atoms with E-state index in [-0.39, 0.29) is 12.5 Å². The van der Waals surface area contributed by atoms with Crippen molar-refractivity contribution in [1.29, 1.82) is 0 Å². The number of nitrogens with one attached hydrogen (secondary N) is 1. The first-order chi connectivity index (χ1) is 11.4. The van der Waals surface area contributed by atoms with Gasteiger partial charge in [0.2, 0.25) is 0 Å². The predicted octanol–water partition coefficient (Wildman–Crippen LogP) is 3.76. The van der Waals surface area contributed by atoms with Crippen LogP contribution in [-0.2, 0) is 4.79 Å². The van der Waals surface area contributed by atoms with Crippen LogP contribution in [0.1, 0.15) is 33.4 Å². The van der Waals surface area contributed by atoms with Gasteiger partial charge in [0, 0.05) is 5.56 Å². The van der Waals surface area contributed by atoms with Gasteiger partial charge in [-0.2, -0.15) is 5.10 Å². The van der Waals surface area contributed by atoms with Crippen molar-refractivity contribution in [2.45, 2.75) is 34.6 Å². The number of aryl methyl sites for hydroxylation is 5. The van der Waals surface area contributed by atoms with Crippen LogP contribution in [0.5, 0.6) is 5.75 Å². The van der Waals surface area contributed by atoms with Crippen LogP contribution < -0.4 is 10.2 Å². The number of hydrogen-bond acceptors (Lipinski definition) is 3. The summed E-state index contributed by atoms with van der Waals surface area (Å²) < 4.78 is 5.48. The Morgan fingerprint density at radius 1 is 1.00 bits per heavy atom. The third-order valence-electron chi connectivity index (χ3n) is 3.97. The fourth-order valence-corrected chi connectivity index (χ4v) is 2.55. The Morgan fingerprint density at radius 2 is 1.67 bits per heavy atom. The fraction of sp³-hybridized carbons (Fsp3) is 0.300. The van der Waals surface area contributed by atoms with E-state index in [1.54, 1.807) is 6.21 Å². The molecule has 0 fully saturated rings. The maximum atomic E-state index is 11.8. The summed E-state index contributed by atoms with van der Waals surface area (Å²) in [4.78, 5) is 11.8. The summed E-state index contributed by atoms with van der Waals surface area (Å²) in [5.74, 6) is 0.398. The molecular formula is C20H24N2O2. The molecule has 2 aromatic carbocycles. The van der Waals surface area contributed by atoms with Crippen molar-refractivity contribution in [2.24, 2.45) is 5.10 Å². The molecule has 0 atom stereocenters. The zero-order valence-corrected chi connectivity index (χ0v) is 14.9. The van der Waals surface area contributed by atoms with Gasteiger partial charge in [-0.3, -0.25) is 4.79 Å². The largest absolute Gasteiger partial charge is 0.484 e. The number of amides is 1. The Balaban J connectivity index is 1.90. The minimum atomic E-state index is -0.285. The summed E-state index contributed by atoms with van der Waals surface area (Å²) in [5, 5.41) is 4.03. The van der Waals surface area contributed by atoms with Crippen molar-refractivity contribution >= 4 is 12.1 Å². The van der Waals surface area contributed by atoms with Crippen LogP contribution in [0.3, 0.4) is 0 Å². The first-order valence-corrected chi connectivity index (χ1v) is 7.96. The monoisotopic (exact) mass is 324 g/mol. The summed E-state index contributed by atoms with van der Waals surface area (Å²) >= 11 is 0. The molecule has 0 radical (unpaired) electrons. The molecule has 0 aliphatic carbocycles. The zero-order chi connectivity index (χ0) is 17.7. The van der Waals surface area contributed by atoms with Crippen LogP contribution in [0, 0.1) is 34.6 Å². The third-order valence-corrected chi connectivity index (χ3v) is 3.97. The van der Waals surface area contributed by atoms with Gasteiger partial charge in [-0.05, 0) is 69.0 Å². The quantitative estimate of drug-likeness (QED) is 0.672. The summed E-state index contributed by atoms with van der Waals surface area (Å²) in [6, 6.07) is 9.95. The summed E-state index contributed by atoms with van der Waals surface area (Å²) in [5.41, 5.74) is 9.34. The van der Waals surface area contributed by atoms with Gasteiger partial charge in [0.05, 0.1) is 6.21 Å². The summed E-state index contributed by atoms with van der Waals surface area (Å²) in [6.45, 7) is 10.1. The highest BCUT2D eigenvalue weighted by Crippen LogP contribution is 2.16. The molecule has 0 saturated heterocycles. The van der Waals surface area contributed by atoms with E-state index in [0.717, 1.165) is 22.3 Å². The van der Waals surface area contributed by atoms with Gasteiger partial charge in [-0.1, -0.05) is 23.8 Å². The molecule has 0 aliphatic heterocycles. The average molecular weight is 324 g/mol. The highest BCUT2D eigenvalue weighted by molar-refractivity contribution is 5.85. The van der Waals surface area contributed by atoms with Gasteiger partial charge in [-0.15, -0.1) is 0 Å². The lowest BCUT2D eigenvalue weighted by Gasteiger charge is -2.08. The second kappa shape index (κ2) is 7.77. The van der Waals surface area contributed by atoms with Gasteiger partial charge in [-0.25, -0.2) is 5.43 Å². The van der Waals surface area contributed by atoms with Gasteiger partial charge in [0.15, 0.2) is 6.61 Å². The van der Waals surface area contributed by atoms with Crippen molar-refractivity contribution in [2.75, 3.05) is 6.61 Å². The van der Waals surface area contributed by atoms with Gasteiger partial charge in [0.25, 0.3) is 5.91 Å². The molecule has 126 valence electrons. The number of ether oxygens (including phenoxy) is 1. The molecule has 0 aliphatic rings. The molecule has 0 spiro atoms. The third kappa shape index (κ3) is 4.69. The first-order valence-electron chi connectivity index (χ1n) is 7.96. The standard InChI is InChI=1S/C20H24N2O2/c1-13-8-16(4)19(17(5)9-13)11-21-22-20(23)12-24-18-7-6-14(2)15(3)10-18/h6-11H,12H2,1-5H3,(H,22,23)/b21-11+. The molecule has 0 unspecified atom stereocenters. The van der Waals surface area contributed by atoms with Crippen LogP contribution in [0.4, 0.5) is 0 Å². The van der Waals surface area contributed by atoms with E-state index in [1.165, 1.54) is 11.1 Å². The predicted molar refractivity (Wildman–Crippen MR) is 97.8 cm³/mol. The molecule has 24 heavy (non-hydrogen) atoms. The van der Waals surface area contributed by atoms with Crippen LogP contribution >= 0.6 is 0 Å². The Kier molecular flexibility index (Phi) is 5.74. The second-order valence-electron chi connectivity index (χ2n) is 6.14. The number of hydrogen-bond donors (Lipinski definition) is 1. The van der Waals surface area contributed by atoms with E-state index in [1.807, 2.05) is 45.9 Å². The molecule has 1 amide bonds. The molecule has 0 bridgehead atoms. The van der Waals surface area contributed by atoms with E-state index >= 15 is 0 Å². The molecular weight excluding hydrogens is 300 g/mol. The van der Waals surface area contributed by atoms with E-state index in [0.29, 0.717) is 5.75 Å². The lowest BCUT2D eigenvalue weighted by molar-refractivity contribution is -0.123. The van der Waals surface area contributed by atoms with Gasteiger partial charge < -0.3 is 4.74 Å². The van der Waals surface area contributed by atoms with E-state index in [9.17, 15) is 4.79 Å². The number of carbonyl (C=O) groups is 1. The Labute approximate surface area is 143 Å². The lowest BCUT2D eigenvalue weighted by Crippen LogP contribution is -2.24. The fourth-order valence-electron chi connectivity index (χ4n) is 2.55. The van der Waals surface area contributed by atoms with Crippen molar-refractivity contribution in [3.05, 3.63) is 63.7 Å². The Bertz CT molecular complexity index is 756. The van der Waals surface area contributed by atoms with Crippen molar-refractivity contribution in [3.8, 4) is 5.75 Å². The highest BCUT2D eigenvalue weighted by Gasteiger charge is 2.04. The number of benzene rings is 2. The lowest BCUT2D eigenvalue weighted by atomic mass is 10.0. The van der Waals surface area contributed by atoms with E-state index in [4.69, 9.17) is 4.74 Å². The number of nitrogens with zero attached hydrogens (tertiary/aromatic N) is 1. The molecule has 4 heteroatoms. The van der Waals surface area contributed by atoms with E-state index < -0.39 is 0 Å².